The molecule has 0 unspecified atom stereocenters. The number of halogens is 1. The number of amides is 1. The summed E-state index contributed by atoms with van der Waals surface area (Å²) in [6.07, 6.45) is 2.41. The summed E-state index contributed by atoms with van der Waals surface area (Å²) in [4.78, 5) is 11.5. The van der Waals surface area contributed by atoms with E-state index in [0.717, 1.165) is 22.9 Å². The van der Waals surface area contributed by atoms with Crippen LogP contribution >= 0.6 is 15.9 Å². The highest BCUT2D eigenvalue weighted by molar-refractivity contribution is 9.10. The summed E-state index contributed by atoms with van der Waals surface area (Å²) in [5, 5.41) is 3.05. The first-order chi connectivity index (χ1) is 7.67. The fraction of sp³-hybridized carbons (Fsp3) is 0.462. The van der Waals surface area contributed by atoms with Gasteiger partial charge in [0.15, 0.2) is 0 Å². The lowest BCUT2D eigenvalue weighted by atomic mass is 10.0. The molecular weight excluding hydrogens is 266 g/mol. The van der Waals surface area contributed by atoms with E-state index in [1.54, 1.807) is 0 Å². The van der Waals surface area contributed by atoms with Crippen LogP contribution in [0.3, 0.4) is 0 Å². The molecule has 0 bridgehead atoms. The van der Waals surface area contributed by atoms with Gasteiger partial charge in [0.1, 0.15) is 0 Å². The van der Waals surface area contributed by atoms with Gasteiger partial charge in [0.25, 0.3) is 0 Å². The molecule has 1 aromatic carbocycles. The van der Waals surface area contributed by atoms with Gasteiger partial charge >= 0.3 is 0 Å². The van der Waals surface area contributed by atoms with Crippen LogP contribution in [0, 0.1) is 0 Å². The van der Waals surface area contributed by atoms with Crippen molar-refractivity contribution in [1.82, 2.24) is 5.32 Å². The predicted molar refractivity (Wildman–Crippen MR) is 70.2 cm³/mol. The van der Waals surface area contributed by atoms with Gasteiger partial charge in [-0.05, 0) is 30.5 Å². The summed E-state index contributed by atoms with van der Waals surface area (Å²) >= 11 is 3.40. The minimum atomic E-state index is 0.132. The summed E-state index contributed by atoms with van der Waals surface area (Å²) in [5.41, 5.74) is 1.16. The molecule has 0 aliphatic heterocycles. The normalized spacial score (nSPS) is 12.2. The minimum Gasteiger partial charge on any atom is -0.349 e. The Bertz CT molecular complexity index is 334. The fourth-order valence-electron chi connectivity index (χ4n) is 1.61. The summed E-state index contributed by atoms with van der Waals surface area (Å²) in [6.45, 7) is 4.10. The van der Waals surface area contributed by atoms with E-state index in [9.17, 15) is 4.79 Å². The lowest BCUT2D eigenvalue weighted by molar-refractivity contribution is -0.121. The molecule has 0 aromatic heterocycles. The van der Waals surface area contributed by atoms with Gasteiger partial charge in [0.05, 0.1) is 6.04 Å². The number of carbonyl (C=O) groups excluding carboxylic acids is 1. The number of hydrogen-bond acceptors (Lipinski definition) is 1. The maximum Gasteiger partial charge on any atom is 0.220 e. The first-order valence-corrected chi connectivity index (χ1v) is 6.51. The topological polar surface area (TPSA) is 29.1 Å². The third-order valence-electron chi connectivity index (χ3n) is 2.49. The highest BCUT2D eigenvalue weighted by Crippen LogP contribution is 2.19. The minimum absolute atomic E-state index is 0.132. The van der Waals surface area contributed by atoms with Crippen LogP contribution in [0.2, 0.25) is 0 Å². The van der Waals surface area contributed by atoms with Crippen molar-refractivity contribution in [1.29, 1.82) is 0 Å². The molecule has 0 heterocycles. The summed E-state index contributed by atoms with van der Waals surface area (Å²) in [5.74, 6) is 0.136. The Balaban J connectivity index is 2.67. The number of nitrogens with one attached hydrogen (secondary N) is 1. The smallest absolute Gasteiger partial charge is 0.220 e. The SMILES string of the molecule is CCCC(=O)N[C@@H](CC)c1ccc(Br)cc1. The van der Waals surface area contributed by atoms with E-state index in [-0.39, 0.29) is 11.9 Å². The predicted octanol–water partition coefficient (Wildman–Crippen LogP) is 3.82. The number of carbonyl (C=O) groups is 1. The zero-order valence-corrected chi connectivity index (χ0v) is 11.4. The molecule has 1 N–H and O–H groups in total. The molecule has 0 saturated carbocycles. The zero-order chi connectivity index (χ0) is 12.0. The quantitative estimate of drug-likeness (QED) is 0.875. The Morgan fingerprint density at radius 2 is 1.94 bits per heavy atom. The van der Waals surface area contributed by atoms with Crippen LogP contribution in [-0.4, -0.2) is 5.91 Å². The Kier molecular flexibility index (Phi) is 5.53. The number of hydrogen-bond donors (Lipinski definition) is 1. The van der Waals surface area contributed by atoms with Gasteiger partial charge in [0.2, 0.25) is 5.91 Å². The molecule has 0 spiro atoms. The second-order valence-electron chi connectivity index (χ2n) is 3.83. The van der Waals surface area contributed by atoms with E-state index < -0.39 is 0 Å². The molecule has 2 nitrogen and oxygen atoms in total. The molecule has 1 atom stereocenters. The van der Waals surface area contributed by atoms with Crippen LogP contribution < -0.4 is 5.32 Å². The first kappa shape index (κ1) is 13.2. The van der Waals surface area contributed by atoms with Crippen molar-refractivity contribution in [2.75, 3.05) is 0 Å². The largest absolute Gasteiger partial charge is 0.349 e. The van der Waals surface area contributed by atoms with Gasteiger partial charge in [-0.25, -0.2) is 0 Å². The summed E-state index contributed by atoms with van der Waals surface area (Å²) in [7, 11) is 0. The molecule has 1 aromatic rings. The fourth-order valence-corrected chi connectivity index (χ4v) is 1.87. The molecule has 0 aliphatic rings. The van der Waals surface area contributed by atoms with Crippen molar-refractivity contribution >= 4 is 21.8 Å². The second-order valence-corrected chi connectivity index (χ2v) is 4.75. The summed E-state index contributed by atoms with van der Waals surface area (Å²) in [6, 6.07) is 8.23. The van der Waals surface area contributed by atoms with Crippen molar-refractivity contribution in [3.63, 3.8) is 0 Å². The van der Waals surface area contributed by atoms with E-state index in [1.807, 2.05) is 31.2 Å². The molecule has 0 radical (unpaired) electrons. The van der Waals surface area contributed by atoms with E-state index in [1.165, 1.54) is 0 Å². The first-order valence-electron chi connectivity index (χ1n) is 5.72. The molecule has 16 heavy (non-hydrogen) atoms. The van der Waals surface area contributed by atoms with E-state index in [0.29, 0.717) is 6.42 Å². The van der Waals surface area contributed by atoms with E-state index in [2.05, 4.69) is 28.2 Å². The van der Waals surface area contributed by atoms with Crippen LogP contribution in [-0.2, 0) is 4.79 Å². The Labute approximate surface area is 106 Å². The third kappa shape index (κ3) is 3.97. The van der Waals surface area contributed by atoms with Crippen molar-refractivity contribution in [3.05, 3.63) is 34.3 Å². The molecule has 1 rings (SSSR count). The molecule has 3 heteroatoms. The zero-order valence-electron chi connectivity index (χ0n) is 9.79. The number of rotatable bonds is 5. The third-order valence-corrected chi connectivity index (χ3v) is 3.02. The molecule has 0 saturated heterocycles. The number of benzene rings is 1. The Morgan fingerprint density at radius 3 is 2.44 bits per heavy atom. The summed E-state index contributed by atoms with van der Waals surface area (Å²) < 4.78 is 1.06. The van der Waals surface area contributed by atoms with Crippen LogP contribution in [0.5, 0.6) is 0 Å². The van der Waals surface area contributed by atoms with Crippen LogP contribution in [0.15, 0.2) is 28.7 Å². The van der Waals surface area contributed by atoms with Gasteiger partial charge in [0, 0.05) is 10.9 Å². The molecule has 0 fully saturated rings. The van der Waals surface area contributed by atoms with Gasteiger partial charge in [-0.3, -0.25) is 4.79 Å². The van der Waals surface area contributed by atoms with Crippen molar-refractivity contribution in [2.24, 2.45) is 0 Å². The van der Waals surface area contributed by atoms with Crippen molar-refractivity contribution < 1.29 is 4.79 Å². The maximum atomic E-state index is 11.5. The lowest BCUT2D eigenvalue weighted by Gasteiger charge is -2.17. The molecule has 1 amide bonds. The molecule has 88 valence electrons. The van der Waals surface area contributed by atoms with E-state index >= 15 is 0 Å². The van der Waals surface area contributed by atoms with Gasteiger partial charge in [-0.2, -0.15) is 0 Å². The van der Waals surface area contributed by atoms with Crippen LogP contribution in [0.1, 0.15) is 44.7 Å². The Morgan fingerprint density at radius 1 is 1.31 bits per heavy atom. The van der Waals surface area contributed by atoms with Gasteiger partial charge in [-0.1, -0.05) is 41.9 Å². The van der Waals surface area contributed by atoms with Crippen molar-refractivity contribution in [2.45, 2.75) is 39.2 Å². The van der Waals surface area contributed by atoms with Gasteiger partial charge < -0.3 is 5.32 Å². The van der Waals surface area contributed by atoms with Crippen LogP contribution in [0.25, 0.3) is 0 Å². The standard InChI is InChI=1S/C13H18BrNO/c1-3-5-13(16)15-12(4-2)10-6-8-11(14)9-7-10/h6-9,12H,3-5H2,1-2H3,(H,15,16)/t12-/m0/s1. The van der Waals surface area contributed by atoms with Crippen LogP contribution in [0.4, 0.5) is 0 Å². The second kappa shape index (κ2) is 6.69. The molecule has 0 aliphatic carbocycles. The van der Waals surface area contributed by atoms with Crippen molar-refractivity contribution in [3.8, 4) is 0 Å². The maximum absolute atomic E-state index is 11.5. The highest BCUT2D eigenvalue weighted by Gasteiger charge is 2.11. The average molecular weight is 284 g/mol. The van der Waals surface area contributed by atoms with E-state index in [4.69, 9.17) is 0 Å². The monoisotopic (exact) mass is 283 g/mol. The lowest BCUT2D eigenvalue weighted by Crippen LogP contribution is -2.27. The van der Waals surface area contributed by atoms with Gasteiger partial charge in [-0.15, -0.1) is 0 Å². The highest BCUT2D eigenvalue weighted by atomic mass is 79.9. The molecular formula is C13H18BrNO. The average Bonchev–Trinajstić information content (AvgIpc) is 2.27. The Hall–Kier alpha value is -0.830.